The number of anilines is 2. The standard InChI is InChI=1S/C21H23N5O4/c1-12-24-19(22)18-20(25-12)30-9-8-26(21(18)29)15-6-7-16(23-11-15)14-4-2-13(3-5-14)10-17(27)28/h4,6-7,11,13H,2-3,5,8-10H2,1H3,(H,27,28)(H2,22,24,25). The van der Waals surface area contributed by atoms with Crippen molar-refractivity contribution < 1.29 is 19.4 Å². The van der Waals surface area contributed by atoms with Crippen LogP contribution in [0.2, 0.25) is 0 Å². The lowest BCUT2D eigenvalue weighted by atomic mass is 9.86. The number of hydrogen-bond donors (Lipinski definition) is 2. The van der Waals surface area contributed by atoms with E-state index in [1.165, 1.54) is 0 Å². The van der Waals surface area contributed by atoms with Crippen molar-refractivity contribution in [1.82, 2.24) is 15.0 Å². The molecular weight excluding hydrogens is 386 g/mol. The number of aliphatic carboxylic acids is 1. The first-order chi connectivity index (χ1) is 14.4. The first kappa shape index (κ1) is 19.8. The van der Waals surface area contributed by atoms with Crippen LogP contribution in [0.1, 0.15) is 47.6 Å². The number of carboxylic acid groups (broad SMARTS) is 1. The molecule has 0 radical (unpaired) electrons. The van der Waals surface area contributed by atoms with E-state index in [1.807, 2.05) is 12.1 Å². The first-order valence-electron chi connectivity index (χ1n) is 9.88. The Morgan fingerprint density at radius 2 is 2.20 bits per heavy atom. The molecule has 0 aromatic carbocycles. The Kier molecular flexibility index (Phi) is 5.35. The molecule has 1 amide bonds. The van der Waals surface area contributed by atoms with Gasteiger partial charge in [-0.25, -0.2) is 4.98 Å². The highest BCUT2D eigenvalue weighted by atomic mass is 16.5. The van der Waals surface area contributed by atoms with Crippen LogP contribution in [0.5, 0.6) is 5.88 Å². The summed E-state index contributed by atoms with van der Waals surface area (Å²) in [5.74, 6) is -0.139. The zero-order chi connectivity index (χ0) is 21.3. The fourth-order valence-electron chi connectivity index (χ4n) is 3.88. The van der Waals surface area contributed by atoms with Gasteiger partial charge in [-0.05, 0) is 49.8 Å². The van der Waals surface area contributed by atoms with Crippen LogP contribution in [0.25, 0.3) is 5.57 Å². The van der Waals surface area contributed by atoms with Crippen LogP contribution in [0.15, 0.2) is 24.4 Å². The van der Waals surface area contributed by atoms with Crippen molar-refractivity contribution in [2.75, 3.05) is 23.8 Å². The van der Waals surface area contributed by atoms with Gasteiger partial charge in [-0.1, -0.05) is 6.08 Å². The lowest BCUT2D eigenvalue weighted by molar-refractivity contribution is -0.138. The van der Waals surface area contributed by atoms with Crippen LogP contribution in [0.3, 0.4) is 0 Å². The van der Waals surface area contributed by atoms with Crippen LogP contribution >= 0.6 is 0 Å². The minimum absolute atomic E-state index is 0.0993. The Morgan fingerprint density at radius 1 is 1.37 bits per heavy atom. The van der Waals surface area contributed by atoms with Crippen molar-refractivity contribution >= 4 is 29.0 Å². The van der Waals surface area contributed by atoms with Gasteiger partial charge in [0.25, 0.3) is 5.91 Å². The van der Waals surface area contributed by atoms with Crippen molar-refractivity contribution in [1.29, 1.82) is 0 Å². The SMILES string of the molecule is Cc1nc(N)c2c(n1)OCCN(c1ccc(C3=CCC(CC(=O)O)CC3)nc1)C2=O. The topological polar surface area (TPSA) is 132 Å². The highest BCUT2D eigenvalue weighted by Gasteiger charge is 2.29. The molecular formula is C21H23N5O4. The number of ether oxygens (including phenoxy) is 1. The normalized spacial score (nSPS) is 18.8. The number of fused-ring (bicyclic) bond motifs is 1. The zero-order valence-electron chi connectivity index (χ0n) is 16.7. The van der Waals surface area contributed by atoms with Crippen molar-refractivity contribution in [2.24, 2.45) is 5.92 Å². The number of nitrogen functional groups attached to an aromatic ring is 1. The molecule has 2 aromatic rings. The number of aromatic nitrogens is 3. The third kappa shape index (κ3) is 3.96. The predicted molar refractivity (Wildman–Crippen MR) is 110 cm³/mol. The van der Waals surface area contributed by atoms with Gasteiger partial charge in [0.05, 0.1) is 24.1 Å². The molecule has 1 atom stereocenters. The monoisotopic (exact) mass is 409 g/mol. The Hall–Kier alpha value is -3.49. The van der Waals surface area contributed by atoms with E-state index in [2.05, 4.69) is 21.0 Å². The van der Waals surface area contributed by atoms with Crippen LogP contribution < -0.4 is 15.4 Å². The van der Waals surface area contributed by atoms with Gasteiger partial charge in [0.15, 0.2) is 0 Å². The van der Waals surface area contributed by atoms with Crippen molar-refractivity contribution in [2.45, 2.75) is 32.6 Å². The molecule has 0 fully saturated rings. The van der Waals surface area contributed by atoms with Gasteiger partial charge in [-0.3, -0.25) is 14.6 Å². The summed E-state index contributed by atoms with van der Waals surface area (Å²) in [5.41, 5.74) is 8.72. The Bertz CT molecular complexity index is 1020. The second-order valence-electron chi connectivity index (χ2n) is 7.51. The summed E-state index contributed by atoms with van der Waals surface area (Å²) in [6.07, 6.45) is 6.29. The van der Waals surface area contributed by atoms with Gasteiger partial charge in [-0.15, -0.1) is 0 Å². The third-order valence-electron chi connectivity index (χ3n) is 5.40. The number of carbonyl (C=O) groups excluding carboxylic acids is 1. The molecule has 9 heteroatoms. The maximum atomic E-state index is 13.1. The number of carboxylic acids is 1. The molecule has 1 aliphatic heterocycles. The van der Waals surface area contributed by atoms with E-state index < -0.39 is 5.97 Å². The summed E-state index contributed by atoms with van der Waals surface area (Å²) in [7, 11) is 0. The molecule has 0 saturated carbocycles. The molecule has 30 heavy (non-hydrogen) atoms. The molecule has 156 valence electrons. The van der Waals surface area contributed by atoms with Crippen LogP contribution in [-0.4, -0.2) is 45.1 Å². The summed E-state index contributed by atoms with van der Waals surface area (Å²) in [5, 5.41) is 8.95. The molecule has 0 bridgehead atoms. The summed E-state index contributed by atoms with van der Waals surface area (Å²) < 4.78 is 5.62. The van der Waals surface area contributed by atoms with E-state index >= 15 is 0 Å². The average Bonchev–Trinajstić information content (AvgIpc) is 2.87. The molecule has 1 aliphatic carbocycles. The molecule has 9 nitrogen and oxygen atoms in total. The molecule has 2 aliphatic rings. The van der Waals surface area contributed by atoms with Crippen molar-refractivity contribution in [3.05, 3.63) is 41.5 Å². The van der Waals surface area contributed by atoms with Gasteiger partial charge < -0.3 is 20.5 Å². The highest BCUT2D eigenvalue weighted by Crippen LogP contribution is 2.32. The summed E-state index contributed by atoms with van der Waals surface area (Å²) in [4.78, 5) is 38.3. The van der Waals surface area contributed by atoms with Crippen LogP contribution in [0.4, 0.5) is 11.5 Å². The summed E-state index contributed by atoms with van der Waals surface area (Å²) >= 11 is 0. The van der Waals surface area contributed by atoms with Crippen LogP contribution in [0, 0.1) is 12.8 Å². The smallest absolute Gasteiger partial charge is 0.303 e. The fraction of sp³-hybridized carbons (Fsp3) is 0.381. The van der Waals surface area contributed by atoms with Gasteiger partial charge in [0.1, 0.15) is 23.8 Å². The van der Waals surface area contributed by atoms with E-state index in [1.54, 1.807) is 18.0 Å². The number of pyridine rings is 1. The number of amides is 1. The predicted octanol–water partition coefficient (Wildman–Crippen LogP) is 2.46. The number of rotatable bonds is 4. The Labute approximate surface area is 173 Å². The summed E-state index contributed by atoms with van der Waals surface area (Å²) in [6.45, 7) is 2.32. The summed E-state index contributed by atoms with van der Waals surface area (Å²) in [6, 6.07) is 3.73. The molecule has 0 saturated heterocycles. The molecule has 1 unspecified atom stereocenters. The molecule has 2 aromatic heterocycles. The third-order valence-corrected chi connectivity index (χ3v) is 5.40. The highest BCUT2D eigenvalue weighted by molar-refractivity contribution is 6.10. The van der Waals surface area contributed by atoms with Gasteiger partial charge >= 0.3 is 5.97 Å². The van der Waals surface area contributed by atoms with Crippen LogP contribution in [-0.2, 0) is 4.79 Å². The van der Waals surface area contributed by atoms with E-state index in [0.717, 1.165) is 30.5 Å². The van der Waals surface area contributed by atoms with Gasteiger partial charge in [0.2, 0.25) is 5.88 Å². The maximum Gasteiger partial charge on any atom is 0.303 e. The number of allylic oxidation sites excluding steroid dienone is 2. The van der Waals surface area contributed by atoms with Crippen molar-refractivity contribution in [3.8, 4) is 5.88 Å². The largest absolute Gasteiger partial charge is 0.481 e. The average molecular weight is 409 g/mol. The lowest BCUT2D eigenvalue weighted by Gasteiger charge is -2.22. The van der Waals surface area contributed by atoms with E-state index in [0.29, 0.717) is 18.1 Å². The Morgan fingerprint density at radius 3 is 2.87 bits per heavy atom. The number of nitrogens with zero attached hydrogens (tertiary/aromatic N) is 4. The molecule has 4 rings (SSSR count). The van der Waals surface area contributed by atoms with E-state index in [-0.39, 0.29) is 42.1 Å². The van der Waals surface area contributed by atoms with Gasteiger partial charge in [0, 0.05) is 6.42 Å². The number of carbonyl (C=O) groups is 2. The van der Waals surface area contributed by atoms with E-state index in [4.69, 9.17) is 15.6 Å². The minimum Gasteiger partial charge on any atom is -0.481 e. The zero-order valence-corrected chi connectivity index (χ0v) is 16.7. The lowest BCUT2D eigenvalue weighted by Crippen LogP contribution is -2.33. The second kappa shape index (κ2) is 8.10. The second-order valence-corrected chi connectivity index (χ2v) is 7.51. The fourth-order valence-corrected chi connectivity index (χ4v) is 3.88. The molecule has 3 N–H and O–H groups in total. The number of nitrogens with two attached hydrogens (primary N) is 1. The number of hydrogen-bond acceptors (Lipinski definition) is 7. The van der Waals surface area contributed by atoms with Crippen molar-refractivity contribution in [3.63, 3.8) is 0 Å². The first-order valence-corrected chi connectivity index (χ1v) is 9.88. The number of aryl methyl sites for hydroxylation is 1. The molecule has 3 heterocycles. The molecule has 0 spiro atoms. The Balaban J connectivity index is 1.54. The van der Waals surface area contributed by atoms with E-state index in [9.17, 15) is 9.59 Å². The minimum atomic E-state index is -0.756. The maximum absolute atomic E-state index is 13.1. The quantitative estimate of drug-likeness (QED) is 0.787. The van der Waals surface area contributed by atoms with Gasteiger partial charge in [-0.2, -0.15) is 4.98 Å².